The van der Waals surface area contributed by atoms with Crippen molar-refractivity contribution >= 4 is 5.97 Å². The maximum atomic E-state index is 13.8. The Labute approximate surface area is 128 Å². The summed E-state index contributed by atoms with van der Waals surface area (Å²) in [5, 5.41) is 8.98. The molecule has 2 aromatic carbocycles. The molecule has 1 heterocycles. The fourth-order valence-electron chi connectivity index (χ4n) is 2.33. The van der Waals surface area contributed by atoms with Gasteiger partial charge in [0.05, 0.1) is 15.9 Å². The van der Waals surface area contributed by atoms with E-state index in [0.29, 0.717) is 10.3 Å². The number of nitrogens with zero attached hydrogens (tertiary/aromatic N) is 1. The highest BCUT2D eigenvalue weighted by atomic mass is 19.1. The zero-order valence-corrected chi connectivity index (χ0v) is 11.6. The predicted molar refractivity (Wildman–Crippen MR) is 73.1 cm³/mol. The molecule has 0 aliphatic carbocycles. The van der Waals surface area contributed by atoms with Crippen molar-refractivity contribution in [3.05, 3.63) is 75.7 Å². The standard InChI is InChI=1S/C15H10F2N2O4/c16-10-4-5-12(17)11(7-10)14-19(22)13(18-23-14)8-2-1-3-9(6-8)15(20)21/h1-7,13-14,18H/p+1. The molecule has 2 aromatic rings. The number of nitroso groups, excluding NO2 is 1. The van der Waals surface area contributed by atoms with Crippen LogP contribution in [0.2, 0.25) is 0 Å². The van der Waals surface area contributed by atoms with Crippen molar-refractivity contribution in [3.63, 3.8) is 0 Å². The molecule has 0 radical (unpaired) electrons. The summed E-state index contributed by atoms with van der Waals surface area (Å²) in [4.78, 5) is 28.4. The Morgan fingerprint density at radius 3 is 2.74 bits per heavy atom. The summed E-state index contributed by atoms with van der Waals surface area (Å²) in [6.07, 6.45) is -2.42. The lowest BCUT2D eigenvalue weighted by atomic mass is 10.1. The van der Waals surface area contributed by atoms with Crippen LogP contribution in [-0.2, 0) is 4.84 Å². The van der Waals surface area contributed by atoms with E-state index in [4.69, 9.17) is 9.94 Å². The summed E-state index contributed by atoms with van der Waals surface area (Å²) in [5.41, 5.74) is 2.50. The summed E-state index contributed by atoms with van der Waals surface area (Å²) in [5.74, 6) is -2.62. The van der Waals surface area contributed by atoms with Gasteiger partial charge in [0.1, 0.15) is 11.6 Å². The van der Waals surface area contributed by atoms with Crippen LogP contribution in [0, 0.1) is 16.5 Å². The minimum atomic E-state index is -1.39. The second-order valence-electron chi connectivity index (χ2n) is 4.95. The highest BCUT2D eigenvalue weighted by Crippen LogP contribution is 2.32. The van der Waals surface area contributed by atoms with Gasteiger partial charge in [0.2, 0.25) is 0 Å². The molecule has 0 spiro atoms. The molecule has 1 aliphatic rings. The third-order valence-electron chi connectivity index (χ3n) is 3.45. The van der Waals surface area contributed by atoms with Crippen LogP contribution in [0.25, 0.3) is 0 Å². The molecule has 23 heavy (non-hydrogen) atoms. The molecule has 1 saturated heterocycles. The van der Waals surface area contributed by atoms with E-state index in [2.05, 4.69) is 5.48 Å². The molecular formula is C15H11F2N2O4+. The van der Waals surface area contributed by atoms with Gasteiger partial charge < -0.3 is 5.11 Å². The Morgan fingerprint density at radius 2 is 2.00 bits per heavy atom. The molecule has 2 N–H and O–H groups in total. The van der Waals surface area contributed by atoms with E-state index < -0.39 is 30.0 Å². The van der Waals surface area contributed by atoms with Gasteiger partial charge in [-0.05, 0) is 30.3 Å². The molecule has 1 aliphatic heterocycles. The van der Waals surface area contributed by atoms with Gasteiger partial charge >= 0.3 is 18.4 Å². The Kier molecular flexibility index (Phi) is 3.85. The molecule has 2 unspecified atom stereocenters. The Morgan fingerprint density at radius 1 is 1.22 bits per heavy atom. The zero-order valence-electron chi connectivity index (χ0n) is 11.6. The number of carbonyl (C=O) groups is 1. The van der Waals surface area contributed by atoms with E-state index in [0.717, 1.165) is 18.2 Å². The van der Waals surface area contributed by atoms with Crippen LogP contribution < -0.4 is 5.48 Å². The number of hydroxylamine groups is 1. The monoisotopic (exact) mass is 321 g/mol. The van der Waals surface area contributed by atoms with Crippen LogP contribution in [0.5, 0.6) is 0 Å². The summed E-state index contributed by atoms with van der Waals surface area (Å²) in [6.45, 7) is 0. The van der Waals surface area contributed by atoms with Crippen molar-refractivity contribution in [2.45, 2.75) is 12.4 Å². The molecule has 0 bridgehead atoms. The van der Waals surface area contributed by atoms with Gasteiger partial charge in [0, 0.05) is 10.5 Å². The average molecular weight is 321 g/mol. The van der Waals surface area contributed by atoms with Gasteiger partial charge in [-0.25, -0.2) is 18.4 Å². The van der Waals surface area contributed by atoms with E-state index in [1.54, 1.807) is 0 Å². The third-order valence-corrected chi connectivity index (χ3v) is 3.45. The van der Waals surface area contributed by atoms with Crippen LogP contribution in [-0.4, -0.2) is 15.8 Å². The number of aromatic carboxylic acids is 1. The lowest BCUT2D eigenvalue weighted by Crippen LogP contribution is -2.19. The first-order valence-electron chi connectivity index (χ1n) is 6.62. The third kappa shape index (κ3) is 2.81. The number of rotatable bonds is 3. The van der Waals surface area contributed by atoms with Crippen molar-refractivity contribution < 1.29 is 28.3 Å². The van der Waals surface area contributed by atoms with Crippen LogP contribution in [0.4, 0.5) is 8.78 Å². The largest absolute Gasteiger partial charge is 0.478 e. The van der Waals surface area contributed by atoms with Crippen molar-refractivity contribution in [2.24, 2.45) is 0 Å². The van der Waals surface area contributed by atoms with Gasteiger partial charge in [-0.15, -0.1) is 5.48 Å². The fourth-order valence-corrected chi connectivity index (χ4v) is 2.33. The summed E-state index contributed by atoms with van der Waals surface area (Å²) < 4.78 is 27.4. The Hall–Kier alpha value is -2.71. The molecule has 0 amide bonds. The van der Waals surface area contributed by atoms with Gasteiger partial charge in [0.15, 0.2) is 0 Å². The molecule has 118 valence electrons. The normalized spacial score (nSPS) is 20.7. The highest BCUT2D eigenvalue weighted by Gasteiger charge is 2.46. The van der Waals surface area contributed by atoms with Gasteiger partial charge in [-0.3, -0.25) is 0 Å². The highest BCUT2D eigenvalue weighted by molar-refractivity contribution is 5.87. The summed E-state index contributed by atoms with van der Waals surface area (Å²) in [6, 6.07) is 8.40. The second kappa shape index (κ2) is 5.82. The molecule has 8 heteroatoms. The average Bonchev–Trinajstić information content (AvgIpc) is 2.91. The van der Waals surface area contributed by atoms with E-state index in [1.165, 1.54) is 24.3 Å². The Bertz CT molecular complexity index is 797. The van der Waals surface area contributed by atoms with E-state index in [9.17, 15) is 18.5 Å². The second-order valence-corrected chi connectivity index (χ2v) is 4.95. The lowest BCUT2D eigenvalue weighted by molar-refractivity contribution is -0.631. The van der Waals surface area contributed by atoms with E-state index >= 15 is 0 Å². The van der Waals surface area contributed by atoms with Crippen molar-refractivity contribution in [1.82, 2.24) is 5.48 Å². The number of halogens is 2. The van der Waals surface area contributed by atoms with Crippen LogP contribution in [0.1, 0.15) is 33.9 Å². The number of hydrogen-bond acceptors (Lipinski definition) is 4. The zero-order chi connectivity index (χ0) is 16.6. The van der Waals surface area contributed by atoms with E-state index in [1.807, 2.05) is 0 Å². The SMILES string of the molecule is O=C(O)c1cccc(C2NOC(c3cc(F)ccc3F)[N+]2=O)c1. The maximum Gasteiger partial charge on any atom is 0.352 e. The van der Waals surface area contributed by atoms with Crippen LogP contribution >= 0.6 is 0 Å². The fraction of sp³-hybridized carbons (Fsp3) is 0.133. The van der Waals surface area contributed by atoms with E-state index in [-0.39, 0.29) is 11.1 Å². The first-order chi connectivity index (χ1) is 11.0. The smallest absolute Gasteiger partial charge is 0.352 e. The number of hydrogen-bond donors (Lipinski definition) is 2. The van der Waals surface area contributed by atoms with Crippen molar-refractivity contribution in [2.75, 3.05) is 0 Å². The minimum Gasteiger partial charge on any atom is -0.478 e. The molecule has 3 rings (SSSR count). The van der Waals surface area contributed by atoms with Gasteiger partial charge in [-0.2, -0.15) is 0 Å². The molecule has 0 saturated carbocycles. The summed E-state index contributed by atoms with van der Waals surface area (Å²) in [7, 11) is 0. The minimum absolute atomic E-state index is 0.00177. The molecule has 0 aromatic heterocycles. The quantitative estimate of drug-likeness (QED) is 0.850. The number of carboxylic acid groups (broad SMARTS) is 1. The molecule has 2 atom stereocenters. The van der Waals surface area contributed by atoms with Crippen molar-refractivity contribution in [1.29, 1.82) is 0 Å². The molecule has 1 fully saturated rings. The van der Waals surface area contributed by atoms with Crippen molar-refractivity contribution in [3.8, 4) is 0 Å². The molecule has 6 nitrogen and oxygen atoms in total. The predicted octanol–water partition coefficient (Wildman–Crippen LogP) is 2.67. The van der Waals surface area contributed by atoms with Gasteiger partial charge in [0.25, 0.3) is 0 Å². The Balaban J connectivity index is 1.91. The first-order valence-corrected chi connectivity index (χ1v) is 6.62. The topological polar surface area (TPSA) is 78.6 Å². The summed E-state index contributed by atoms with van der Waals surface area (Å²) >= 11 is 0. The molecular weight excluding hydrogens is 310 g/mol. The lowest BCUT2D eigenvalue weighted by Gasteiger charge is -2.04. The maximum absolute atomic E-state index is 13.8. The number of carboxylic acids is 1. The first kappa shape index (κ1) is 15.2. The number of benzene rings is 2. The van der Waals surface area contributed by atoms with Crippen LogP contribution in [0.3, 0.4) is 0 Å². The van der Waals surface area contributed by atoms with Crippen LogP contribution in [0.15, 0.2) is 42.5 Å². The van der Waals surface area contributed by atoms with Gasteiger partial charge in [-0.1, -0.05) is 12.1 Å². The number of nitrogens with one attached hydrogen (secondary N) is 1.